The van der Waals surface area contributed by atoms with Gasteiger partial charge in [-0.3, -0.25) is 13.9 Å². The van der Waals surface area contributed by atoms with Crippen molar-refractivity contribution in [1.82, 2.24) is 10.2 Å². The van der Waals surface area contributed by atoms with Crippen LogP contribution in [0.2, 0.25) is 15.1 Å². The van der Waals surface area contributed by atoms with Crippen LogP contribution in [0.3, 0.4) is 0 Å². The number of aryl methyl sites for hydroxylation is 1. The standard InChI is InChI=1S/C29H32Cl3N3O4S/c1-4-15-33-29(37)26(5-2)34(18-21-11-13-24(31)25(32)17-21)28(36)19-35(27-14-12-22(30)16-20(27)3)40(38,39)23-9-7-6-8-10-23/h6-14,16-17,26H,4-5,15,18-19H2,1-3H3,(H,33,37)/t26-/m0/s1. The van der Waals surface area contributed by atoms with Gasteiger partial charge in [0, 0.05) is 18.1 Å². The molecule has 214 valence electrons. The van der Waals surface area contributed by atoms with Gasteiger partial charge in [-0.05, 0) is 73.4 Å². The van der Waals surface area contributed by atoms with Crippen LogP contribution < -0.4 is 9.62 Å². The Morgan fingerprint density at radius 3 is 2.23 bits per heavy atom. The highest BCUT2D eigenvalue weighted by atomic mass is 35.5. The summed E-state index contributed by atoms with van der Waals surface area (Å²) in [4.78, 5) is 28.7. The summed E-state index contributed by atoms with van der Waals surface area (Å²) in [5, 5.41) is 3.95. The number of anilines is 1. The molecule has 1 N–H and O–H groups in total. The molecular formula is C29H32Cl3N3O4S. The lowest BCUT2D eigenvalue weighted by atomic mass is 10.1. The molecule has 0 heterocycles. The summed E-state index contributed by atoms with van der Waals surface area (Å²) in [7, 11) is -4.17. The minimum absolute atomic E-state index is 0.0204. The Bertz CT molecular complexity index is 1450. The number of nitrogens with one attached hydrogen (secondary N) is 1. The zero-order chi connectivity index (χ0) is 29.4. The molecule has 0 bridgehead atoms. The first-order chi connectivity index (χ1) is 19.0. The molecule has 2 amide bonds. The molecule has 0 spiro atoms. The topological polar surface area (TPSA) is 86.8 Å². The van der Waals surface area contributed by atoms with Crippen LogP contribution in [0.1, 0.15) is 37.8 Å². The summed E-state index contributed by atoms with van der Waals surface area (Å²) in [6.07, 6.45) is 1.04. The molecule has 0 saturated carbocycles. The monoisotopic (exact) mass is 623 g/mol. The Morgan fingerprint density at radius 1 is 0.925 bits per heavy atom. The van der Waals surface area contributed by atoms with Gasteiger partial charge in [0.15, 0.2) is 0 Å². The second-order valence-electron chi connectivity index (χ2n) is 9.24. The molecule has 0 unspecified atom stereocenters. The van der Waals surface area contributed by atoms with E-state index in [4.69, 9.17) is 34.8 Å². The number of carbonyl (C=O) groups excluding carboxylic acids is 2. The molecule has 40 heavy (non-hydrogen) atoms. The first kappa shape index (κ1) is 31.7. The normalized spacial score (nSPS) is 12.1. The van der Waals surface area contributed by atoms with Crippen molar-refractivity contribution in [2.75, 3.05) is 17.4 Å². The lowest BCUT2D eigenvalue weighted by Crippen LogP contribution is -2.52. The van der Waals surface area contributed by atoms with Gasteiger partial charge in [0.05, 0.1) is 20.6 Å². The quantitative estimate of drug-likeness (QED) is 0.250. The average Bonchev–Trinajstić information content (AvgIpc) is 2.93. The third kappa shape index (κ3) is 7.69. The summed E-state index contributed by atoms with van der Waals surface area (Å²) in [6.45, 7) is 5.38. The van der Waals surface area contributed by atoms with E-state index in [0.717, 1.165) is 10.7 Å². The minimum Gasteiger partial charge on any atom is -0.354 e. The lowest BCUT2D eigenvalue weighted by Gasteiger charge is -2.33. The molecule has 3 aromatic rings. The molecule has 0 saturated heterocycles. The van der Waals surface area contributed by atoms with E-state index in [2.05, 4.69) is 5.32 Å². The van der Waals surface area contributed by atoms with Crippen molar-refractivity contribution < 1.29 is 18.0 Å². The molecule has 0 aliphatic rings. The van der Waals surface area contributed by atoms with Crippen molar-refractivity contribution in [1.29, 1.82) is 0 Å². The second kappa shape index (κ2) is 14.2. The molecule has 0 fully saturated rings. The summed E-state index contributed by atoms with van der Waals surface area (Å²) in [6, 6.07) is 16.8. The number of rotatable bonds is 12. The van der Waals surface area contributed by atoms with Gasteiger partial charge in [0.2, 0.25) is 11.8 Å². The molecule has 0 aliphatic heterocycles. The Morgan fingerprint density at radius 2 is 1.62 bits per heavy atom. The third-order valence-corrected chi connectivity index (χ3v) is 9.06. The number of amides is 2. The molecule has 0 aliphatic carbocycles. The van der Waals surface area contributed by atoms with E-state index in [-0.39, 0.29) is 17.3 Å². The van der Waals surface area contributed by atoms with Crippen LogP contribution in [0.5, 0.6) is 0 Å². The van der Waals surface area contributed by atoms with Crippen molar-refractivity contribution >= 4 is 62.3 Å². The number of hydrogen-bond acceptors (Lipinski definition) is 4. The number of carbonyl (C=O) groups is 2. The maximum absolute atomic E-state index is 14.1. The van der Waals surface area contributed by atoms with Crippen molar-refractivity contribution in [2.24, 2.45) is 0 Å². The predicted molar refractivity (Wildman–Crippen MR) is 162 cm³/mol. The van der Waals surface area contributed by atoms with Crippen LogP contribution in [0.4, 0.5) is 5.69 Å². The number of nitrogens with zero attached hydrogens (tertiary/aromatic N) is 2. The first-order valence-corrected chi connectivity index (χ1v) is 15.4. The van der Waals surface area contributed by atoms with Crippen LogP contribution >= 0.6 is 34.8 Å². The van der Waals surface area contributed by atoms with Gasteiger partial charge in [-0.15, -0.1) is 0 Å². The van der Waals surface area contributed by atoms with Crippen LogP contribution in [0, 0.1) is 6.92 Å². The smallest absolute Gasteiger partial charge is 0.264 e. The van der Waals surface area contributed by atoms with E-state index in [1.807, 2.05) is 6.92 Å². The van der Waals surface area contributed by atoms with Gasteiger partial charge in [-0.2, -0.15) is 0 Å². The second-order valence-corrected chi connectivity index (χ2v) is 12.4. The number of halogens is 3. The molecule has 11 heteroatoms. The van der Waals surface area contributed by atoms with E-state index < -0.39 is 28.5 Å². The fourth-order valence-electron chi connectivity index (χ4n) is 4.25. The summed E-state index contributed by atoms with van der Waals surface area (Å²) in [5.74, 6) is -0.878. The maximum Gasteiger partial charge on any atom is 0.264 e. The van der Waals surface area contributed by atoms with Crippen molar-refractivity contribution in [3.8, 4) is 0 Å². The zero-order valence-corrected chi connectivity index (χ0v) is 25.6. The summed E-state index contributed by atoms with van der Waals surface area (Å²) in [5.41, 5.74) is 1.52. The third-order valence-electron chi connectivity index (χ3n) is 6.31. The van der Waals surface area contributed by atoms with E-state index in [9.17, 15) is 18.0 Å². The number of hydrogen-bond donors (Lipinski definition) is 1. The molecule has 7 nitrogen and oxygen atoms in total. The summed E-state index contributed by atoms with van der Waals surface area (Å²) < 4.78 is 28.9. The molecule has 3 aromatic carbocycles. The van der Waals surface area contributed by atoms with E-state index in [1.54, 1.807) is 68.4 Å². The fourth-order valence-corrected chi connectivity index (χ4v) is 6.30. The molecule has 1 atom stereocenters. The minimum atomic E-state index is -4.17. The first-order valence-electron chi connectivity index (χ1n) is 12.8. The Balaban J connectivity index is 2.09. The Kier molecular flexibility index (Phi) is 11.3. The van der Waals surface area contributed by atoms with Gasteiger partial charge in [0.1, 0.15) is 12.6 Å². The van der Waals surface area contributed by atoms with Gasteiger partial charge < -0.3 is 10.2 Å². The largest absolute Gasteiger partial charge is 0.354 e. The van der Waals surface area contributed by atoms with Crippen molar-refractivity contribution in [3.63, 3.8) is 0 Å². The van der Waals surface area contributed by atoms with Crippen LogP contribution in [0.25, 0.3) is 0 Å². The molecular weight excluding hydrogens is 593 g/mol. The SMILES string of the molecule is CCCNC(=O)[C@H](CC)N(Cc1ccc(Cl)c(Cl)c1)C(=O)CN(c1ccc(Cl)cc1C)S(=O)(=O)c1ccccc1. The predicted octanol–water partition coefficient (Wildman–Crippen LogP) is 6.48. The maximum atomic E-state index is 14.1. The number of benzene rings is 3. The van der Waals surface area contributed by atoms with Crippen molar-refractivity contribution in [3.05, 3.63) is 92.9 Å². The molecule has 3 rings (SSSR count). The van der Waals surface area contributed by atoms with Gasteiger partial charge in [0.25, 0.3) is 10.0 Å². The highest BCUT2D eigenvalue weighted by Crippen LogP contribution is 2.30. The van der Waals surface area contributed by atoms with Gasteiger partial charge in [-0.1, -0.05) is 72.9 Å². The van der Waals surface area contributed by atoms with Gasteiger partial charge in [-0.25, -0.2) is 8.42 Å². The number of sulfonamides is 1. The summed E-state index contributed by atoms with van der Waals surface area (Å²) >= 11 is 18.5. The van der Waals surface area contributed by atoms with E-state index >= 15 is 0 Å². The van der Waals surface area contributed by atoms with Gasteiger partial charge >= 0.3 is 0 Å². The highest BCUT2D eigenvalue weighted by molar-refractivity contribution is 7.92. The van der Waals surface area contributed by atoms with Crippen molar-refractivity contribution in [2.45, 2.75) is 51.1 Å². The lowest BCUT2D eigenvalue weighted by molar-refractivity contribution is -0.140. The highest BCUT2D eigenvalue weighted by Gasteiger charge is 2.34. The average molecular weight is 625 g/mol. The Labute approximate surface area is 251 Å². The van der Waals surface area contributed by atoms with E-state index in [1.165, 1.54) is 17.0 Å². The molecule has 0 aromatic heterocycles. The fraction of sp³-hybridized carbons (Fsp3) is 0.310. The zero-order valence-electron chi connectivity index (χ0n) is 22.5. The van der Waals surface area contributed by atoms with Crippen LogP contribution in [-0.2, 0) is 26.2 Å². The van der Waals surface area contributed by atoms with Crippen LogP contribution in [0.15, 0.2) is 71.6 Å². The Hall–Kier alpha value is -2.78. The van der Waals surface area contributed by atoms with Crippen LogP contribution in [-0.4, -0.2) is 44.3 Å². The molecule has 0 radical (unpaired) electrons. The van der Waals surface area contributed by atoms with E-state index in [0.29, 0.717) is 44.8 Å².